The largest absolute Gasteiger partial charge is 0.477 e. The van der Waals surface area contributed by atoms with Gasteiger partial charge in [-0.05, 0) is 13.0 Å². The zero-order chi connectivity index (χ0) is 15.7. The fourth-order valence-electron chi connectivity index (χ4n) is 1.79. The minimum Gasteiger partial charge on any atom is -0.477 e. The molecule has 21 heavy (non-hydrogen) atoms. The van der Waals surface area contributed by atoms with Gasteiger partial charge in [0.15, 0.2) is 0 Å². The smallest absolute Gasteiger partial charge is 0.343 e. The van der Waals surface area contributed by atoms with E-state index in [1.807, 2.05) is 0 Å². The molecule has 0 spiro atoms. The number of nitro benzene ring substituents is 1. The highest BCUT2D eigenvalue weighted by molar-refractivity contribution is 5.88. The van der Waals surface area contributed by atoms with Crippen molar-refractivity contribution in [1.82, 2.24) is 9.97 Å². The SMILES string of the molecule is Cc1nc(-c2cc(F)cc([N+](=O)[O-])c2)[nH]c(=O)c1C(=O)O. The number of H-pyrrole nitrogens is 1. The van der Waals surface area contributed by atoms with Crippen molar-refractivity contribution < 1.29 is 19.2 Å². The van der Waals surface area contributed by atoms with E-state index in [0.29, 0.717) is 0 Å². The summed E-state index contributed by atoms with van der Waals surface area (Å²) in [4.78, 5) is 38.5. The molecule has 1 aromatic carbocycles. The number of nitrogens with one attached hydrogen (secondary N) is 1. The van der Waals surface area contributed by atoms with Crippen LogP contribution in [0.2, 0.25) is 0 Å². The number of hydrogen-bond acceptors (Lipinski definition) is 5. The average molecular weight is 293 g/mol. The van der Waals surface area contributed by atoms with Crippen LogP contribution in [-0.4, -0.2) is 26.0 Å². The fraction of sp³-hybridized carbons (Fsp3) is 0.0833. The second kappa shape index (κ2) is 5.12. The first-order chi connectivity index (χ1) is 9.79. The summed E-state index contributed by atoms with van der Waals surface area (Å²) in [5, 5.41) is 19.5. The molecule has 0 radical (unpaired) electrons. The summed E-state index contributed by atoms with van der Waals surface area (Å²) in [6.07, 6.45) is 0. The molecule has 0 aliphatic carbocycles. The van der Waals surface area contributed by atoms with Crippen LogP contribution in [0, 0.1) is 22.9 Å². The van der Waals surface area contributed by atoms with Crippen LogP contribution in [0.25, 0.3) is 11.4 Å². The number of non-ortho nitro benzene ring substituents is 1. The molecule has 108 valence electrons. The number of carboxylic acid groups (broad SMARTS) is 1. The number of benzene rings is 1. The summed E-state index contributed by atoms with van der Waals surface area (Å²) in [7, 11) is 0. The number of aromatic carboxylic acids is 1. The zero-order valence-corrected chi connectivity index (χ0v) is 10.6. The Morgan fingerprint density at radius 3 is 2.62 bits per heavy atom. The van der Waals surface area contributed by atoms with Crippen LogP contribution >= 0.6 is 0 Å². The molecule has 0 saturated carbocycles. The van der Waals surface area contributed by atoms with Gasteiger partial charge in [-0.25, -0.2) is 14.2 Å². The van der Waals surface area contributed by atoms with E-state index in [-0.39, 0.29) is 17.1 Å². The van der Waals surface area contributed by atoms with E-state index < -0.39 is 33.5 Å². The first kappa shape index (κ1) is 14.3. The maximum atomic E-state index is 13.4. The van der Waals surface area contributed by atoms with Gasteiger partial charge in [-0.2, -0.15) is 0 Å². The number of hydrogen-bond donors (Lipinski definition) is 2. The van der Waals surface area contributed by atoms with E-state index in [0.717, 1.165) is 18.2 Å². The van der Waals surface area contributed by atoms with Gasteiger partial charge in [0.05, 0.1) is 16.7 Å². The fourth-order valence-corrected chi connectivity index (χ4v) is 1.79. The Labute approximate surface area is 116 Å². The van der Waals surface area contributed by atoms with Crippen LogP contribution in [-0.2, 0) is 0 Å². The third-order valence-corrected chi connectivity index (χ3v) is 2.68. The summed E-state index contributed by atoms with van der Waals surface area (Å²) in [6, 6.07) is 2.70. The summed E-state index contributed by atoms with van der Waals surface area (Å²) < 4.78 is 13.4. The maximum Gasteiger partial charge on any atom is 0.343 e. The zero-order valence-electron chi connectivity index (χ0n) is 10.6. The number of nitrogens with zero attached hydrogens (tertiary/aromatic N) is 2. The summed E-state index contributed by atoms with van der Waals surface area (Å²) in [5.41, 5.74) is -2.07. The number of carboxylic acids is 1. The monoisotopic (exact) mass is 293 g/mol. The van der Waals surface area contributed by atoms with Crippen molar-refractivity contribution in [3.63, 3.8) is 0 Å². The Morgan fingerprint density at radius 2 is 2.10 bits per heavy atom. The van der Waals surface area contributed by atoms with Crippen LogP contribution in [0.15, 0.2) is 23.0 Å². The van der Waals surface area contributed by atoms with E-state index in [2.05, 4.69) is 9.97 Å². The lowest BCUT2D eigenvalue weighted by molar-refractivity contribution is -0.385. The van der Waals surface area contributed by atoms with Gasteiger partial charge >= 0.3 is 5.97 Å². The number of aryl methyl sites for hydroxylation is 1. The molecule has 0 unspecified atom stereocenters. The van der Waals surface area contributed by atoms with Crippen molar-refractivity contribution in [3.8, 4) is 11.4 Å². The molecule has 0 saturated heterocycles. The topological polar surface area (TPSA) is 126 Å². The molecule has 0 aliphatic heterocycles. The molecule has 0 atom stereocenters. The van der Waals surface area contributed by atoms with Gasteiger partial charge in [0.25, 0.3) is 11.2 Å². The number of carbonyl (C=O) groups is 1. The van der Waals surface area contributed by atoms with Crippen molar-refractivity contribution in [2.75, 3.05) is 0 Å². The van der Waals surface area contributed by atoms with E-state index in [1.54, 1.807) is 0 Å². The van der Waals surface area contributed by atoms with Crippen molar-refractivity contribution in [3.05, 3.63) is 55.7 Å². The molecule has 2 aromatic rings. The highest BCUT2D eigenvalue weighted by Crippen LogP contribution is 2.22. The normalized spacial score (nSPS) is 10.4. The molecule has 9 heteroatoms. The minimum atomic E-state index is -1.45. The molecule has 1 heterocycles. The van der Waals surface area contributed by atoms with E-state index in [4.69, 9.17) is 5.11 Å². The van der Waals surface area contributed by atoms with Crippen molar-refractivity contribution in [1.29, 1.82) is 0 Å². The summed E-state index contributed by atoms with van der Waals surface area (Å²) >= 11 is 0. The van der Waals surface area contributed by atoms with Gasteiger partial charge in [0, 0.05) is 11.6 Å². The first-order valence-corrected chi connectivity index (χ1v) is 5.59. The van der Waals surface area contributed by atoms with Gasteiger partial charge in [-0.15, -0.1) is 0 Å². The van der Waals surface area contributed by atoms with E-state index in [9.17, 15) is 24.1 Å². The third-order valence-electron chi connectivity index (χ3n) is 2.68. The van der Waals surface area contributed by atoms with E-state index in [1.165, 1.54) is 6.92 Å². The molecular formula is C12H8FN3O5. The van der Waals surface area contributed by atoms with Gasteiger partial charge < -0.3 is 10.1 Å². The number of nitro groups is 1. The minimum absolute atomic E-state index is 0.0289. The average Bonchev–Trinajstić information content (AvgIpc) is 2.36. The predicted octanol–water partition coefficient (Wildman–Crippen LogP) is 1.49. The Balaban J connectivity index is 2.66. The van der Waals surface area contributed by atoms with Crippen LogP contribution in [0.5, 0.6) is 0 Å². The molecule has 0 bridgehead atoms. The molecule has 1 aromatic heterocycles. The van der Waals surface area contributed by atoms with Crippen LogP contribution in [0.1, 0.15) is 16.1 Å². The molecule has 0 amide bonds. The van der Waals surface area contributed by atoms with Crippen molar-refractivity contribution in [2.45, 2.75) is 6.92 Å². The van der Waals surface area contributed by atoms with Gasteiger partial charge in [-0.1, -0.05) is 0 Å². The summed E-state index contributed by atoms with van der Waals surface area (Å²) in [6.45, 7) is 1.30. The maximum absolute atomic E-state index is 13.4. The van der Waals surface area contributed by atoms with Crippen LogP contribution in [0.4, 0.5) is 10.1 Å². The Bertz CT molecular complexity index is 815. The number of halogens is 1. The first-order valence-electron chi connectivity index (χ1n) is 5.59. The quantitative estimate of drug-likeness (QED) is 0.652. The van der Waals surface area contributed by atoms with Crippen molar-refractivity contribution in [2.24, 2.45) is 0 Å². The molecule has 0 fully saturated rings. The molecule has 2 N–H and O–H groups in total. The van der Waals surface area contributed by atoms with Gasteiger partial charge in [0.1, 0.15) is 17.2 Å². The Morgan fingerprint density at radius 1 is 1.43 bits per heavy atom. The van der Waals surface area contributed by atoms with Crippen LogP contribution in [0.3, 0.4) is 0 Å². The molecule has 0 aliphatic rings. The number of rotatable bonds is 3. The lowest BCUT2D eigenvalue weighted by Gasteiger charge is -2.05. The molecule has 2 rings (SSSR count). The molecular weight excluding hydrogens is 285 g/mol. The lowest BCUT2D eigenvalue weighted by Crippen LogP contribution is -2.21. The third kappa shape index (κ3) is 2.76. The lowest BCUT2D eigenvalue weighted by atomic mass is 10.1. The second-order valence-electron chi connectivity index (χ2n) is 4.14. The van der Waals surface area contributed by atoms with Gasteiger partial charge in [0.2, 0.25) is 0 Å². The van der Waals surface area contributed by atoms with E-state index >= 15 is 0 Å². The van der Waals surface area contributed by atoms with Gasteiger partial charge in [-0.3, -0.25) is 14.9 Å². The van der Waals surface area contributed by atoms with Crippen LogP contribution < -0.4 is 5.56 Å². The predicted molar refractivity (Wildman–Crippen MR) is 68.6 cm³/mol. The summed E-state index contributed by atoms with van der Waals surface area (Å²) in [5.74, 6) is -2.47. The number of aromatic amines is 1. The highest BCUT2D eigenvalue weighted by atomic mass is 19.1. The highest BCUT2D eigenvalue weighted by Gasteiger charge is 2.17. The standard InChI is InChI=1S/C12H8FN3O5/c1-5-9(12(18)19)11(17)15-10(14-5)6-2-7(13)4-8(3-6)16(20)21/h2-4H,1H3,(H,18,19)(H,14,15,17). The Kier molecular flexibility index (Phi) is 3.49. The number of aromatic nitrogens is 2. The van der Waals surface area contributed by atoms with Crippen molar-refractivity contribution >= 4 is 11.7 Å². The Hall–Kier alpha value is -3.10. The molecule has 8 nitrogen and oxygen atoms in total. The second-order valence-corrected chi connectivity index (χ2v) is 4.14.